The number of nitrogens with zero attached hydrogens (tertiary/aromatic N) is 3. The van der Waals surface area contributed by atoms with E-state index in [0.29, 0.717) is 32.9 Å². The van der Waals surface area contributed by atoms with Gasteiger partial charge in [0, 0.05) is 15.6 Å². The SMILES string of the molecule is O=C(Nc1cnn(COc2cccc(Cl)c2)c1)c1cc(-c2ccc(Cl)cc2)n[nH]1. The van der Waals surface area contributed by atoms with Gasteiger partial charge in [-0.05, 0) is 36.4 Å². The molecule has 0 spiro atoms. The van der Waals surface area contributed by atoms with Gasteiger partial charge in [-0.2, -0.15) is 10.2 Å². The summed E-state index contributed by atoms with van der Waals surface area (Å²) in [6, 6.07) is 16.0. The minimum Gasteiger partial charge on any atom is -0.471 e. The first-order valence-electron chi connectivity index (χ1n) is 8.60. The average molecular weight is 428 g/mol. The summed E-state index contributed by atoms with van der Waals surface area (Å²) < 4.78 is 7.17. The zero-order chi connectivity index (χ0) is 20.2. The summed E-state index contributed by atoms with van der Waals surface area (Å²) in [7, 11) is 0. The van der Waals surface area contributed by atoms with Crippen LogP contribution in [0.4, 0.5) is 5.69 Å². The van der Waals surface area contributed by atoms with Crippen LogP contribution in [0.2, 0.25) is 10.0 Å². The van der Waals surface area contributed by atoms with Crippen molar-refractivity contribution < 1.29 is 9.53 Å². The molecule has 2 aromatic heterocycles. The number of hydrogen-bond acceptors (Lipinski definition) is 4. The Kier molecular flexibility index (Phi) is 5.50. The molecule has 2 aromatic carbocycles. The molecule has 0 aliphatic heterocycles. The fourth-order valence-electron chi connectivity index (χ4n) is 2.60. The maximum absolute atomic E-state index is 12.5. The lowest BCUT2D eigenvalue weighted by atomic mass is 10.1. The maximum Gasteiger partial charge on any atom is 0.273 e. The quantitative estimate of drug-likeness (QED) is 0.459. The summed E-state index contributed by atoms with van der Waals surface area (Å²) in [5, 5.41) is 15.1. The molecule has 0 radical (unpaired) electrons. The number of ether oxygens (including phenoxy) is 1. The van der Waals surface area contributed by atoms with E-state index in [4.69, 9.17) is 27.9 Å². The highest BCUT2D eigenvalue weighted by molar-refractivity contribution is 6.31. The Morgan fingerprint density at radius 3 is 2.72 bits per heavy atom. The molecule has 9 heteroatoms. The van der Waals surface area contributed by atoms with Crippen molar-refractivity contribution in [3.8, 4) is 17.0 Å². The van der Waals surface area contributed by atoms with Gasteiger partial charge >= 0.3 is 0 Å². The van der Waals surface area contributed by atoms with Crippen molar-refractivity contribution in [3.63, 3.8) is 0 Å². The minimum atomic E-state index is -0.326. The molecule has 0 atom stereocenters. The first-order valence-corrected chi connectivity index (χ1v) is 9.36. The minimum absolute atomic E-state index is 0.182. The van der Waals surface area contributed by atoms with E-state index in [1.165, 1.54) is 6.20 Å². The van der Waals surface area contributed by atoms with Gasteiger partial charge in [-0.1, -0.05) is 41.4 Å². The number of rotatable bonds is 6. The number of benzene rings is 2. The van der Waals surface area contributed by atoms with Crippen LogP contribution in [0.5, 0.6) is 5.75 Å². The van der Waals surface area contributed by atoms with Crippen molar-refractivity contribution in [1.29, 1.82) is 0 Å². The van der Waals surface area contributed by atoms with Crippen molar-refractivity contribution in [2.24, 2.45) is 0 Å². The lowest BCUT2D eigenvalue weighted by molar-refractivity contribution is 0.102. The van der Waals surface area contributed by atoms with Gasteiger partial charge in [-0.15, -0.1) is 0 Å². The van der Waals surface area contributed by atoms with Gasteiger partial charge in [0.05, 0.1) is 23.8 Å². The molecule has 0 bridgehead atoms. The van der Waals surface area contributed by atoms with Crippen molar-refractivity contribution in [1.82, 2.24) is 20.0 Å². The molecule has 0 fully saturated rings. The molecule has 1 amide bonds. The molecule has 0 unspecified atom stereocenters. The molecule has 29 heavy (non-hydrogen) atoms. The summed E-state index contributed by atoms with van der Waals surface area (Å²) in [5.74, 6) is 0.304. The average Bonchev–Trinajstić information content (AvgIpc) is 3.37. The van der Waals surface area contributed by atoms with Gasteiger partial charge in [0.25, 0.3) is 5.91 Å². The third-order valence-electron chi connectivity index (χ3n) is 4.01. The van der Waals surface area contributed by atoms with Gasteiger partial charge in [0.15, 0.2) is 6.73 Å². The van der Waals surface area contributed by atoms with Crippen LogP contribution >= 0.6 is 23.2 Å². The zero-order valence-electron chi connectivity index (χ0n) is 15.0. The van der Waals surface area contributed by atoms with Gasteiger partial charge in [-0.25, -0.2) is 4.68 Å². The van der Waals surface area contributed by atoms with Crippen molar-refractivity contribution in [2.75, 3.05) is 5.32 Å². The number of aromatic nitrogens is 4. The third kappa shape index (κ3) is 4.77. The summed E-state index contributed by atoms with van der Waals surface area (Å²) in [6.07, 6.45) is 3.20. The molecule has 2 heterocycles. The second-order valence-electron chi connectivity index (χ2n) is 6.13. The Labute approximate surface area is 176 Å². The van der Waals surface area contributed by atoms with Crippen LogP contribution in [0.1, 0.15) is 10.5 Å². The predicted molar refractivity (Wildman–Crippen MR) is 111 cm³/mol. The summed E-state index contributed by atoms with van der Waals surface area (Å²) in [6.45, 7) is 0.182. The van der Waals surface area contributed by atoms with Crippen LogP contribution in [0.3, 0.4) is 0 Å². The molecule has 0 saturated heterocycles. The monoisotopic (exact) mass is 427 g/mol. The number of carbonyl (C=O) groups is 1. The molecule has 0 saturated carbocycles. The third-order valence-corrected chi connectivity index (χ3v) is 4.50. The van der Waals surface area contributed by atoms with E-state index in [9.17, 15) is 4.79 Å². The Hall–Kier alpha value is -3.29. The maximum atomic E-state index is 12.5. The van der Waals surface area contributed by atoms with Crippen LogP contribution in [-0.2, 0) is 6.73 Å². The van der Waals surface area contributed by atoms with Crippen LogP contribution in [0.15, 0.2) is 67.0 Å². The summed E-state index contributed by atoms with van der Waals surface area (Å²) in [4.78, 5) is 12.5. The summed E-state index contributed by atoms with van der Waals surface area (Å²) in [5.41, 5.74) is 2.37. The molecular weight excluding hydrogens is 413 g/mol. The molecule has 4 aromatic rings. The fourth-order valence-corrected chi connectivity index (χ4v) is 2.91. The van der Waals surface area contributed by atoms with Crippen LogP contribution in [-0.4, -0.2) is 25.9 Å². The molecule has 7 nitrogen and oxygen atoms in total. The Morgan fingerprint density at radius 2 is 1.93 bits per heavy atom. The second kappa shape index (κ2) is 8.38. The molecule has 4 rings (SSSR count). The zero-order valence-corrected chi connectivity index (χ0v) is 16.5. The Morgan fingerprint density at radius 1 is 1.10 bits per heavy atom. The highest BCUT2D eigenvalue weighted by Crippen LogP contribution is 2.21. The molecule has 0 aliphatic carbocycles. The van der Waals surface area contributed by atoms with Gasteiger partial charge in [0.1, 0.15) is 11.4 Å². The number of carbonyl (C=O) groups excluding carboxylic acids is 1. The second-order valence-corrected chi connectivity index (χ2v) is 7.00. The van der Waals surface area contributed by atoms with Crippen molar-refractivity contribution in [2.45, 2.75) is 6.73 Å². The lowest BCUT2D eigenvalue weighted by Crippen LogP contribution is -2.12. The van der Waals surface area contributed by atoms with E-state index in [0.717, 1.165) is 5.56 Å². The van der Waals surface area contributed by atoms with Crippen LogP contribution in [0.25, 0.3) is 11.3 Å². The normalized spacial score (nSPS) is 10.7. The van der Waals surface area contributed by atoms with Crippen LogP contribution < -0.4 is 10.1 Å². The highest BCUT2D eigenvalue weighted by atomic mass is 35.5. The van der Waals surface area contributed by atoms with Gasteiger partial charge < -0.3 is 10.1 Å². The smallest absolute Gasteiger partial charge is 0.273 e. The first kappa shape index (κ1) is 19.0. The topological polar surface area (TPSA) is 84.8 Å². The molecule has 0 aliphatic rings. The molecule has 2 N–H and O–H groups in total. The van der Waals surface area contributed by atoms with Crippen molar-refractivity contribution in [3.05, 3.63) is 82.7 Å². The van der Waals surface area contributed by atoms with Crippen molar-refractivity contribution >= 4 is 34.8 Å². The number of aromatic amines is 1. The number of anilines is 1. The van der Waals surface area contributed by atoms with E-state index >= 15 is 0 Å². The number of H-pyrrole nitrogens is 1. The Balaban J connectivity index is 1.37. The predicted octanol–water partition coefficient (Wildman–Crippen LogP) is 4.87. The van der Waals surface area contributed by atoms with E-state index in [-0.39, 0.29) is 12.6 Å². The number of amides is 1. The summed E-state index contributed by atoms with van der Waals surface area (Å²) >= 11 is 11.8. The van der Waals surface area contributed by atoms with Gasteiger partial charge in [0.2, 0.25) is 0 Å². The van der Waals surface area contributed by atoms with E-state index in [1.54, 1.807) is 53.3 Å². The largest absolute Gasteiger partial charge is 0.471 e. The molecule has 146 valence electrons. The standard InChI is InChI=1S/C20H15Cl2N5O2/c21-14-6-4-13(5-7-14)18-9-19(26-25-18)20(28)24-16-10-23-27(11-16)12-29-17-3-1-2-15(22)8-17/h1-11H,12H2,(H,24,28)(H,25,26). The molecular formula is C20H15Cl2N5O2. The van der Waals surface area contributed by atoms with E-state index < -0.39 is 0 Å². The highest BCUT2D eigenvalue weighted by Gasteiger charge is 2.12. The number of halogens is 2. The van der Waals surface area contributed by atoms with Gasteiger partial charge in [-0.3, -0.25) is 9.89 Å². The lowest BCUT2D eigenvalue weighted by Gasteiger charge is -2.06. The number of nitrogens with one attached hydrogen (secondary N) is 2. The Bertz CT molecular complexity index is 1140. The fraction of sp³-hybridized carbons (Fsp3) is 0.0500. The van der Waals surface area contributed by atoms with E-state index in [2.05, 4.69) is 20.6 Å². The van der Waals surface area contributed by atoms with E-state index in [1.807, 2.05) is 12.1 Å². The first-order chi connectivity index (χ1) is 14.1. The van der Waals surface area contributed by atoms with Crippen LogP contribution in [0, 0.1) is 0 Å². The number of hydrogen-bond donors (Lipinski definition) is 2.